The Bertz CT molecular complexity index is 366. The second kappa shape index (κ2) is 9.38. The molecule has 5 heteroatoms. The first-order valence-corrected chi connectivity index (χ1v) is 7.39. The van der Waals surface area contributed by atoms with Crippen LogP contribution in [0.3, 0.4) is 0 Å². The van der Waals surface area contributed by atoms with Crippen molar-refractivity contribution in [2.75, 3.05) is 13.2 Å². The number of rotatable bonds is 8. The van der Waals surface area contributed by atoms with E-state index in [2.05, 4.69) is 10.6 Å². The number of nitriles is 1. The van der Waals surface area contributed by atoms with E-state index in [4.69, 9.17) is 10.00 Å². The first-order chi connectivity index (χ1) is 9.63. The molecule has 0 heterocycles. The van der Waals surface area contributed by atoms with Crippen LogP contribution in [0.15, 0.2) is 11.8 Å². The Kier molecular flexibility index (Phi) is 7.74. The molecule has 0 aromatic carbocycles. The van der Waals surface area contributed by atoms with Crippen LogP contribution in [-0.2, 0) is 9.53 Å². The van der Waals surface area contributed by atoms with Gasteiger partial charge in [0.15, 0.2) is 0 Å². The molecule has 1 fully saturated rings. The predicted molar refractivity (Wildman–Crippen MR) is 77.8 cm³/mol. The maximum Gasteiger partial charge on any atom is 0.263 e. The van der Waals surface area contributed by atoms with Gasteiger partial charge in [-0.3, -0.25) is 4.79 Å². The van der Waals surface area contributed by atoms with E-state index in [1.807, 2.05) is 19.9 Å². The van der Waals surface area contributed by atoms with E-state index in [0.717, 1.165) is 32.1 Å². The first kappa shape index (κ1) is 16.5. The SMILES string of the molecule is CC(C)OCCCN/C=C(/C#N)C(=O)NC1CCCC1. The van der Waals surface area contributed by atoms with E-state index in [1.54, 1.807) is 0 Å². The Morgan fingerprint density at radius 1 is 1.45 bits per heavy atom. The fourth-order valence-electron chi connectivity index (χ4n) is 2.15. The molecule has 0 aromatic rings. The van der Waals surface area contributed by atoms with Crippen LogP contribution in [0.5, 0.6) is 0 Å². The van der Waals surface area contributed by atoms with Crippen LogP contribution in [-0.4, -0.2) is 31.2 Å². The average molecular weight is 279 g/mol. The number of hydrogen-bond donors (Lipinski definition) is 2. The quantitative estimate of drug-likeness (QED) is 0.404. The second-order valence-electron chi connectivity index (χ2n) is 5.35. The summed E-state index contributed by atoms with van der Waals surface area (Å²) in [5.41, 5.74) is 0.140. The molecule has 0 spiro atoms. The summed E-state index contributed by atoms with van der Waals surface area (Å²) in [6, 6.07) is 2.18. The van der Waals surface area contributed by atoms with E-state index in [9.17, 15) is 4.79 Å². The Labute approximate surface area is 121 Å². The molecule has 0 unspecified atom stereocenters. The third kappa shape index (κ3) is 6.58. The van der Waals surface area contributed by atoms with Gasteiger partial charge in [0, 0.05) is 25.4 Å². The highest BCUT2D eigenvalue weighted by atomic mass is 16.5. The molecule has 5 nitrogen and oxygen atoms in total. The molecule has 0 bridgehead atoms. The zero-order valence-electron chi connectivity index (χ0n) is 12.4. The van der Waals surface area contributed by atoms with Crippen molar-refractivity contribution in [2.45, 2.75) is 58.1 Å². The standard InChI is InChI=1S/C15H25N3O2/c1-12(2)20-9-5-8-17-11-13(10-16)15(19)18-14-6-3-4-7-14/h11-12,14,17H,3-9H2,1-2H3,(H,18,19)/b13-11-. The largest absolute Gasteiger partial charge is 0.390 e. The predicted octanol–water partition coefficient (Wildman–Crippen LogP) is 1.86. The van der Waals surface area contributed by atoms with Crippen molar-refractivity contribution in [3.05, 3.63) is 11.8 Å². The molecule has 0 saturated heterocycles. The first-order valence-electron chi connectivity index (χ1n) is 7.39. The van der Waals surface area contributed by atoms with E-state index in [1.165, 1.54) is 6.20 Å². The number of nitrogens with one attached hydrogen (secondary N) is 2. The molecule has 112 valence electrons. The number of carbonyl (C=O) groups is 1. The molecule has 1 saturated carbocycles. The van der Waals surface area contributed by atoms with Gasteiger partial charge in [0.25, 0.3) is 5.91 Å². The second-order valence-corrected chi connectivity index (χ2v) is 5.35. The Morgan fingerprint density at radius 2 is 2.15 bits per heavy atom. The maximum absolute atomic E-state index is 11.9. The Balaban J connectivity index is 2.24. The van der Waals surface area contributed by atoms with Gasteiger partial charge in [-0.15, -0.1) is 0 Å². The summed E-state index contributed by atoms with van der Waals surface area (Å²) in [6.07, 6.45) is 6.93. The van der Waals surface area contributed by atoms with Gasteiger partial charge in [0.1, 0.15) is 11.6 Å². The van der Waals surface area contributed by atoms with Gasteiger partial charge in [0.05, 0.1) is 6.10 Å². The molecule has 0 atom stereocenters. The van der Waals surface area contributed by atoms with Crippen LogP contribution in [0.1, 0.15) is 46.0 Å². The minimum Gasteiger partial charge on any atom is -0.390 e. The van der Waals surface area contributed by atoms with Crippen molar-refractivity contribution in [1.29, 1.82) is 5.26 Å². The Hall–Kier alpha value is -1.54. The molecule has 0 radical (unpaired) electrons. The van der Waals surface area contributed by atoms with Crippen LogP contribution < -0.4 is 10.6 Å². The van der Waals surface area contributed by atoms with Crippen molar-refractivity contribution in [3.8, 4) is 6.07 Å². The fourth-order valence-corrected chi connectivity index (χ4v) is 2.15. The van der Waals surface area contributed by atoms with Crippen molar-refractivity contribution >= 4 is 5.91 Å². The normalized spacial score (nSPS) is 16.2. The highest BCUT2D eigenvalue weighted by Gasteiger charge is 2.18. The van der Waals surface area contributed by atoms with Crippen LogP contribution >= 0.6 is 0 Å². The van der Waals surface area contributed by atoms with Gasteiger partial charge in [-0.25, -0.2) is 0 Å². The number of hydrogen-bond acceptors (Lipinski definition) is 4. The summed E-state index contributed by atoms with van der Waals surface area (Å²) in [4.78, 5) is 11.9. The number of ether oxygens (including phenoxy) is 1. The minimum absolute atomic E-state index is 0.140. The van der Waals surface area contributed by atoms with Crippen LogP contribution in [0.25, 0.3) is 0 Å². The van der Waals surface area contributed by atoms with Gasteiger partial charge in [0.2, 0.25) is 0 Å². The lowest BCUT2D eigenvalue weighted by Gasteiger charge is -2.11. The highest BCUT2D eigenvalue weighted by Crippen LogP contribution is 2.17. The van der Waals surface area contributed by atoms with Gasteiger partial charge in [-0.05, 0) is 33.1 Å². The number of amides is 1. The van der Waals surface area contributed by atoms with Gasteiger partial charge in [-0.1, -0.05) is 12.8 Å². The van der Waals surface area contributed by atoms with Crippen LogP contribution in [0, 0.1) is 11.3 Å². The van der Waals surface area contributed by atoms with Crippen LogP contribution in [0.2, 0.25) is 0 Å². The van der Waals surface area contributed by atoms with E-state index in [0.29, 0.717) is 13.2 Å². The lowest BCUT2D eigenvalue weighted by atomic mass is 10.2. The summed E-state index contributed by atoms with van der Waals surface area (Å²) in [7, 11) is 0. The molecule has 0 aromatic heterocycles. The van der Waals surface area contributed by atoms with E-state index < -0.39 is 0 Å². The lowest BCUT2D eigenvalue weighted by Crippen LogP contribution is -2.34. The van der Waals surface area contributed by atoms with Gasteiger partial charge in [-0.2, -0.15) is 5.26 Å². The van der Waals surface area contributed by atoms with E-state index >= 15 is 0 Å². The monoisotopic (exact) mass is 279 g/mol. The number of carbonyl (C=O) groups excluding carboxylic acids is 1. The third-order valence-corrected chi connectivity index (χ3v) is 3.22. The van der Waals surface area contributed by atoms with Crippen molar-refractivity contribution in [2.24, 2.45) is 0 Å². The molecule has 1 rings (SSSR count). The molecule has 2 N–H and O–H groups in total. The van der Waals surface area contributed by atoms with Crippen LogP contribution in [0.4, 0.5) is 0 Å². The topological polar surface area (TPSA) is 74.1 Å². The van der Waals surface area contributed by atoms with Gasteiger partial charge < -0.3 is 15.4 Å². The van der Waals surface area contributed by atoms with Crippen molar-refractivity contribution < 1.29 is 9.53 Å². The molecule has 1 amide bonds. The zero-order chi connectivity index (χ0) is 14.8. The Morgan fingerprint density at radius 3 is 2.75 bits per heavy atom. The molecule has 1 aliphatic rings. The third-order valence-electron chi connectivity index (χ3n) is 3.22. The van der Waals surface area contributed by atoms with Crippen molar-refractivity contribution in [1.82, 2.24) is 10.6 Å². The molecule has 20 heavy (non-hydrogen) atoms. The minimum atomic E-state index is -0.273. The van der Waals surface area contributed by atoms with E-state index in [-0.39, 0.29) is 23.6 Å². The summed E-state index contributed by atoms with van der Waals surface area (Å²) in [5.74, 6) is -0.273. The summed E-state index contributed by atoms with van der Waals surface area (Å²) in [5, 5.41) is 14.9. The lowest BCUT2D eigenvalue weighted by molar-refractivity contribution is -0.117. The fraction of sp³-hybridized carbons (Fsp3) is 0.733. The molecular weight excluding hydrogens is 254 g/mol. The zero-order valence-corrected chi connectivity index (χ0v) is 12.4. The summed E-state index contributed by atoms with van der Waals surface area (Å²) < 4.78 is 5.41. The molecular formula is C15H25N3O2. The maximum atomic E-state index is 11.9. The molecule has 1 aliphatic carbocycles. The summed E-state index contributed by atoms with van der Waals surface area (Å²) in [6.45, 7) is 5.35. The highest BCUT2D eigenvalue weighted by molar-refractivity contribution is 5.97. The number of nitrogens with zero attached hydrogens (tertiary/aromatic N) is 1. The average Bonchev–Trinajstić information content (AvgIpc) is 2.90. The summed E-state index contributed by atoms with van der Waals surface area (Å²) >= 11 is 0. The van der Waals surface area contributed by atoms with Gasteiger partial charge >= 0.3 is 0 Å². The van der Waals surface area contributed by atoms with Crippen molar-refractivity contribution in [3.63, 3.8) is 0 Å². The smallest absolute Gasteiger partial charge is 0.263 e. The molecule has 0 aliphatic heterocycles.